The first-order valence-corrected chi connectivity index (χ1v) is 10.5. The monoisotopic (exact) mass is 405 g/mol. The van der Waals surface area contributed by atoms with Crippen molar-refractivity contribution in [1.82, 2.24) is 4.90 Å². The summed E-state index contributed by atoms with van der Waals surface area (Å²) in [6.07, 6.45) is 0.272. The molecule has 2 aliphatic rings. The van der Waals surface area contributed by atoms with Crippen molar-refractivity contribution in [1.29, 1.82) is 5.26 Å². The Morgan fingerprint density at radius 3 is 2.69 bits per heavy atom. The number of hydrogen-bond donors (Lipinski definition) is 0. The van der Waals surface area contributed by atoms with E-state index >= 15 is 0 Å². The molecular weight excluding hydrogens is 382 g/mol. The topological polar surface area (TPSA) is 56.6 Å². The number of fused-ring (bicyclic) bond motifs is 1. The van der Waals surface area contributed by atoms with Gasteiger partial charge in [-0.15, -0.1) is 0 Å². The third kappa shape index (κ3) is 3.47. The van der Waals surface area contributed by atoms with Crippen LogP contribution >= 0.6 is 11.8 Å². The Labute approximate surface area is 175 Å². The largest absolute Gasteiger partial charge is 0.496 e. The van der Waals surface area contributed by atoms with Gasteiger partial charge in [0.1, 0.15) is 5.75 Å². The zero-order chi connectivity index (χ0) is 20.5. The van der Waals surface area contributed by atoms with Gasteiger partial charge in [0.05, 0.1) is 36.3 Å². The standard InChI is InChI=1S/C23H23N3O2S/c1-15-8-9-17(10-16(15)2)25-13-26-22(27)11-19(20(12-24)23(26)29-14-25)18-6-4-5-7-21(18)28-3/h4-10,19H,11,13-14H2,1-3H3/t19-/m1/s1. The molecular formula is C23H23N3O2S. The number of amides is 1. The van der Waals surface area contributed by atoms with Crippen molar-refractivity contribution in [2.45, 2.75) is 26.2 Å². The number of para-hydroxylation sites is 1. The predicted octanol–water partition coefficient (Wildman–Crippen LogP) is 4.53. The number of rotatable bonds is 3. The first-order valence-electron chi connectivity index (χ1n) is 9.56. The second kappa shape index (κ2) is 7.84. The van der Waals surface area contributed by atoms with Crippen molar-refractivity contribution in [3.63, 3.8) is 0 Å². The van der Waals surface area contributed by atoms with E-state index in [1.165, 1.54) is 11.1 Å². The number of aryl methyl sites for hydroxylation is 2. The fourth-order valence-corrected chi connectivity index (χ4v) is 5.04. The zero-order valence-corrected chi connectivity index (χ0v) is 17.6. The first-order chi connectivity index (χ1) is 14.0. The normalized spacial score (nSPS) is 19.1. The molecule has 0 unspecified atom stereocenters. The van der Waals surface area contributed by atoms with Gasteiger partial charge in [-0.25, -0.2) is 0 Å². The van der Waals surface area contributed by atoms with Crippen LogP contribution in [0.3, 0.4) is 0 Å². The molecule has 0 bridgehead atoms. The average Bonchev–Trinajstić information content (AvgIpc) is 2.75. The number of benzene rings is 2. The van der Waals surface area contributed by atoms with Crippen LogP contribution < -0.4 is 9.64 Å². The molecule has 1 amide bonds. The van der Waals surface area contributed by atoms with Crippen LogP contribution in [0.15, 0.2) is 53.1 Å². The lowest BCUT2D eigenvalue weighted by Gasteiger charge is -2.42. The molecule has 0 spiro atoms. The summed E-state index contributed by atoms with van der Waals surface area (Å²) in [4.78, 5) is 17.0. The lowest BCUT2D eigenvalue weighted by molar-refractivity contribution is -0.129. The number of nitriles is 1. The summed E-state index contributed by atoms with van der Waals surface area (Å²) in [5.41, 5.74) is 5.12. The number of methoxy groups -OCH3 is 1. The van der Waals surface area contributed by atoms with E-state index in [0.717, 1.165) is 16.3 Å². The molecule has 6 heteroatoms. The van der Waals surface area contributed by atoms with E-state index in [4.69, 9.17) is 4.74 Å². The average molecular weight is 406 g/mol. The van der Waals surface area contributed by atoms with E-state index in [0.29, 0.717) is 23.9 Å². The second-order valence-electron chi connectivity index (χ2n) is 7.37. The second-order valence-corrected chi connectivity index (χ2v) is 8.31. The summed E-state index contributed by atoms with van der Waals surface area (Å²) < 4.78 is 5.49. The number of carbonyl (C=O) groups is 1. The molecule has 1 atom stereocenters. The Balaban J connectivity index is 1.68. The maximum atomic E-state index is 13.1. The molecule has 148 valence electrons. The third-order valence-corrected chi connectivity index (χ3v) is 6.82. The van der Waals surface area contributed by atoms with Crippen LogP contribution in [0.4, 0.5) is 5.69 Å². The van der Waals surface area contributed by atoms with Crippen LogP contribution in [-0.4, -0.2) is 30.5 Å². The van der Waals surface area contributed by atoms with E-state index in [1.807, 2.05) is 24.3 Å². The van der Waals surface area contributed by atoms with Crippen molar-refractivity contribution in [2.75, 3.05) is 24.6 Å². The van der Waals surface area contributed by atoms with E-state index < -0.39 is 0 Å². The van der Waals surface area contributed by atoms with Crippen molar-refractivity contribution < 1.29 is 9.53 Å². The number of nitrogens with zero attached hydrogens (tertiary/aromatic N) is 3. The molecule has 1 fully saturated rings. The summed E-state index contributed by atoms with van der Waals surface area (Å²) in [7, 11) is 1.62. The maximum absolute atomic E-state index is 13.1. The van der Waals surface area contributed by atoms with E-state index in [1.54, 1.807) is 23.8 Å². The third-order valence-electron chi connectivity index (χ3n) is 5.66. The number of allylic oxidation sites excluding steroid dienone is 1. The Morgan fingerprint density at radius 2 is 1.97 bits per heavy atom. The van der Waals surface area contributed by atoms with Crippen LogP contribution in [0.1, 0.15) is 29.0 Å². The molecule has 2 aromatic carbocycles. The highest BCUT2D eigenvalue weighted by atomic mass is 32.2. The Hall–Kier alpha value is -2.91. The van der Waals surface area contributed by atoms with Gasteiger partial charge >= 0.3 is 0 Å². The van der Waals surface area contributed by atoms with Crippen LogP contribution in [0.2, 0.25) is 0 Å². The highest BCUT2D eigenvalue weighted by molar-refractivity contribution is 8.03. The Kier molecular flexibility index (Phi) is 5.25. The van der Waals surface area contributed by atoms with Crippen LogP contribution in [0.25, 0.3) is 0 Å². The van der Waals surface area contributed by atoms with Gasteiger partial charge in [-0.05, 0) is 43.2 Å². The van der Waals surface area contributed by atoms with Gasteiger partial charge in [0, 0.05) is 23.6 Å². The highest BCUT2D eigenvalue weighted by Crippen LogP contribution is 2.45. The van der Waals surface area contributed by atoms with Gasteiger partial charge in [-0.2, -0.15) is 5.26 Å². The van der Waals surface area contributed by atoms with Crippen molar-refractivity contribution >= 4 is 23.4 Å². The Bertz CT molecular complexity index is 1040. The van der Waals surface area contributed by atoms with Crippen molar-refractivity contribution in [2.24, 2.45) is 0 Å². The highest BCUT2D eigenvalue weighted by Gasteiger charge is 2.39. The maximum Gasteiger partial charge on any atom is 0.229 e. The van der Waals surface area contributed by atoms with E-state index in [-0.39, 0.29) is 18.2 Å². The fraction of sp³-hybridized carbons (Fsp3) is 0.304. The molecule has 1 saturated heterocycles. The zero-order valence-electron chi connectivity index (χ0n) is 16.8. The summed E-state index contributed by atoms with van der Waals surface area (Å²) in [5, 5.41) is 10.7. The SMILES string of the molecule is COc1ccccc1[C@H]1CC(=O)N2CN(c3ccc(C)c(C)c3)CSC2=C1C#N. The lowest BCUT2D eigenvalue weighted by Crippen LogP contribution is -2.47. The van der Waals surface area contributed by atoms with Crippen molar-refractivity contribution in [3.05, 3.63) is 69.8 Å². The van der Waals surface area contributed by atoms with Gasteiger partial charge in [0.15, 0.2) is 0 Å². The van der Waals surface area contributed by atoms with Crippen LogP contribution in [0.5, 0.6) is 5.75 Å². The molecule has 0 aliphatic carbocycles. The molecule has 0 aromatic heterocycles. The molecule has 2 aliphatic heterocycles. The number of ether oxygens (including phenoxy) is 1. The molecule has 4 rings (SSSR count). The summed E-state index contributed by atoms with van der Waals surface area (Å²) >= 11 is 1.56. The van der Waals surface area contributed by atoms with Gasteiger partial charge in [0.2, 0.25) is 5.91 Å². The number of thioether (sulfide) groups is 1. The number of carbonyl (C=O) groups excluding carboxylic acids is 1. The summed E-state index contributed by atoms with van der Waals surface area (Å²) in [6.45, 7) is 4.66. The fourth-order valence-electron chi connectivity index (χ4n) is 3.87. The lowest BCUT2D eigenvalue weighted by atomic mass is 9.86. The van der Waals surface area contributed by atoms with E-state index in [2.05, 4.69) is 43.0 Å². The minimum absolute atomic E-state index is 0.0379. The molecule has 2 aromatic rings. The molecule has 0 radical (unpaired) electrons. The predicted molar refractivity (Wildman–Crippen MR) is 116 cm³/mol. The quantitative estimate of drug-likeness (QED) is 0.751. The number of anilines is 1. The minimum atomic E-state index is -0.268. The first kappa shape index (κ1) is 19.4. The molecule has 29 heavy (non-hydrogen) atoms. The molecule has 0 N–H and O–H groups in total. The Morgan fingerprint density at radius 1 is 1.17 bits per heavy atom. The van der Waals surface area contributed by atoms with Crippen LogP contribution in [0, 0.1) is 25.2 Å². The smallest absolute Gasteiger partial charge is 0.229 e. The van der Waals surface area contributed by atoms with Crippen molar-refractivity contribution in [3.8, 4) is 11.8 Å². The van der Waals surface area contributed by atoms with Gasteiger partial charge < -0.3 is 9.64 Å². The molecule has 2 heterocycles. The van der Waals surface area contributed by atoms with Crippen LogP contribution in [-0.2, 0) is 4.79 Å². The van der Waals surface area contributed by atoms with Gasteiger partial charge in [0.25, 0.3) is 0 Å². The minimum Gasteiger partial charge on any atom is -0.496 e. The molecule has 5 nitrogen and oxygen atoms in total. The van der Waals surface area contributed by atoms with Gasteiger partial charge in [-0.1, -0.05) is 36.0 Å². The van der Waals surface area contributed by atoms with Gasteiger partial charge in [-0.3, -0.25) is 9.69 Å². The van der Waals surface area contributed by atoms with E-state index in [9.17, 15) is 10.1 Å². The number of hydrogen-bond acceptors (Lipinski definition) is 5. The summed E-state index contributed by atoms with van der Waals surface area (Å²) in [5.74, 6) is 1.18. The summed E-state index contributed by atoms with van der Waals surface area (Å²) in [6, 6.07) is 16.4. The molecule has 0 saturated carbocycles.